The predicted molar refractivity (Wildman–Crippen MR) is 73.8 cm³/mol. The van der Waals surface area contributed by atoms with Gasteiger partial charge in [0.25, 0.3) is 0 Å². The second kappa shape index (κ2) is 4.96. The molecule has 5 nitrogen and oxygen atoms in total. The average molecular weight is 248 g/mol. The highest BCUT2D eigenvalue weighted by Crippen LogP contribution is 2.21. The third kappa shape index (κ3) is 2.32. The first-order valence-electron chi connectivity index (χ1n) is 6.05. The number of rotatable bonds is 4. The Labute approximate surface area is 107 Å². The molecule has 2 rings (SSSR count). The lowest BCUT2D eigenvalue weighted by Gasteiger charge is -2.21. The van der Waals surface area contributed by atoms with Crippen molar-refractivity contribution in [3.8, 4) is 0 Å². The third-order valence-electron chi connectivity index (χ3n) is 3.29. The molecule has 0 aliphatic carbocycles. The van der Waals surface area contributed by atoms with Crippen LogP contribution in [0.2, 0.25) is 0 Å². The van der Waals surface area contributed by atoms with Gasteiger partial charge in [0.1, 0.15) is 5.82 Å². The van der Waals surface area contributed by atoms with Gasteiger partial charge in [-0.2, -0.15) is 0 Å². The summed E-state index contributed by atoms with van der Waals surface area (Å²) in [6.45, 7) is 2.78. The van der Waals surface area contributed by atoms with Crippen molar-refractivity contribution in [2.24, 2.45) is 12.8 Å². The van der Waals surface area contributed by atoms with Gasteiger partial charge in [0, 0.05) is 32.9 Å². The highest BCUT2D eigenvalue weighted by atomic mass is 16.3. The zero-order valence-corrected chi connectivity index (χ0v) is 11.1. The maximum Gasteiger partial charge on any atom is 0.106 e. The van der Waals surface area contributed by atoms with Crippen LogP contribution in [0.15, 0.2) is 18.2 Å². The monoisotopic (exact) mass is 248 g/mol. The van der Waals surface area contributed by atoms with Crippen molar-refractivity contribution < 1.29 is 5.11 Å². The number of likely N-dealkylation sites (N-methyl/N-ethyl adjacent to an activating group) is 1. The molecule has 5 heteroatoms. The SMILES string of the molecule is Cc1nc2cc(N(C)CC(O)CN)ccc2n1C. The van der Waals surface area contributed by atoms with Gasteiger partial charge in [-0.25, -0.2) is 4.98 Å². The first kappa shape index (κ1) is 12.9. The molecule has 0 radical (unpaired) electrons. The van der Waals surface area contributed by atoms with Gasteiger partial charge < -0.3 is 20.3 Å². The van der Waals surface area contributed by atoms with Crippen molar-refractivity contribution in [3.05, 3.63) is 24.0 Å². The van der Waals surface area contributed by atoms with Crippen LogP contribution in [-0.4, -0.2) is 40.9 Å². The zero-order chi connectivity index (χ0) is 13.3. The molecule has 1 unspecified atom stereocenters. The van der Waals surface area contributed by atoms with Crippen molar-refractivity contribution in [1.29, 1.82) is 0 Å². The summed E-state index contributed by atoms with van der Waals surface area (Å²) < 4.78 is 2.06. The van der Waals surface area contributed by atoms with Crippen LogP contribution in [0.25, 0.3) is 11.0 Å². The number of aromatic nitrogens is 2. The van der Waals surface area contributed by atoms with E-state index in [4.69, 9.17) is 5.73 Å². The predicted octanol–water partition coefficient (Wildman–Crippen LogP) is 0.638. The average Bonchev–Trinajstić information content (AvgIpc) is 2.64. The van der Waals surface area contributed by atoms with Crippen LogP contribution in [0.1, 0.15) is 5.82 Å². The fraction of sp³-hybridized carbons (Fsp3) is 0.462. The van der Waals surface area contributed by atoms with Gasteiger partial charge in [0.2, 0.25) is 0 Å². The van der Waals surface area contributed by atoms with Crippen LogP contribution >= 0.6 is 0 Å². The maximum absolute atomic E-state index is 9.56. The molecule has 1 atom stereocenters. The van der Waals surface area contributed by atoms with E-state index in [1.54, 1.807) is 0 Å². The molecule has 1 heterocycles. The topological polar surface area (TPSA) is 67.3 Å². The standard InChI is InChI=1S/C13H20N4O/c1-9-15-12-6-10(4-5-13(12)17(9)3)16(2)8-11(18)7-14/h4-6,11,18H,7-8,14H2,1-3H3. The molecular weight excluding hydrogens is 228 g/mol. The van der Waals surface area contributed by atoms with E-state index < -0.39 is 6.10 Å². The Morgan fingerprint density at radius 3 is 2.89 bits per heavy atom. The largest absolute Gasteiger partial charge is 0.390 e. The van der Waals surface area contributed by atoms with Crippen LogP contribution < -0.4 is 10.6 Å². The Hall–Kier alpha value is -1.59. The number of aryl methyl sites for hydroxylation is 2. The molecule has 0 aliphatic heterocycles. The summed E-state index contributed by atoms with van der Waals surface area (Å²) in [6, 6.07) is 6.12. The molecule has 0 bridgehead atoms. The summed E-state index contributed by atoms with van der Waals surface area (Å²) >= 11 is 0. The summed E-state index contributed by atoms with van der Waals surface area (Å²) in [7, 11) is 3.95. The molecule has 0 aliphatic rings. The van der Waals surface area contributed by atoms with Gasteiger partial charge in [0.15, 0.2) is 0 Å². The Morgan fingerprint density at radius 2 is 2.22 bits per heavy atom. The summed E-state index contributed by atoms with van der Waals surface area (Å²) in [5.74, 6) is 0.992. The van der Waals surface area contributed by atoms with E-state index in [1.807, 2.05) is 38.1 Å². The Balaban J connectivity index is 2.29. The number of hydrogen-bond acceptors (Lipinski definition) is 4. The van der Waals surface area contributed by atoms with Crippen molar-refractivity contribution in [1.82, 2.24) is 9.55 Å². The molecule has 18 heavy (non-hydrogen) atoms. The van der Waals surface area contributed by atoms with Crippen molar-refractivity contribution >= 4 is 16.7 Å². The first-order valence-corrected chi connectivity index (χ1v) is 6.05. The van der Waals surface area contributed by atoms with E-state index in [9.17, 15) is 5.11 Å². The van der Waals surface area contributed by atoms with Crippen LogP contribution in [0.4, 0.5) is 5.69 Å². The van der Waals surface area contributed by atoms with Crippen molar-refractivity contribution in [3.63, 3.8) is 0 Å². The van der Waals surface area contributed by atoms with Crippen LogP contribution in [-0.2, 0) is 7.05 Å². The van der Waals surface area contributed by atoms with Gasteiger partial charge in [-0.05, 0) is 25.1 Å². The second-order valence-corrected chi connectivity index (χ2v) is 4.66. The first-order chi connectivity index (χ1) is 8.52. The number of fused-ring (bicyclic) bond motifs is 1. The zero-order valence-electron chi connectivity index (χ0n) is 11.1. The van der Waals surface area contributed by atoms with E-state index in [0.29, 0.717) is 6.54 Å². The van der Waals surface area contributed by atoms with Crippen LogP contribution in [0, 0.1) is 6.92 Å². The number of nitrogens with zero attached hydrogens (tertiary/aromatic N) is 3. The molecule has 0 saturated heterocycles. The number of aliphatic hydroxyl groups is 1. The lowest BCUT2D eigenvalue weighted by atomic mass is 10.2. The second-order valence-electron chi connectivity index (χ2n) is 4.66. The quantitative estimate of drug-likeness (QED) is 0.833. The smallest absolute Gasteiger partial charge is 0.106 e. The molecule has 0 fully saturated rings. The van der Waals surface area contributed by atoms with Gasteiger partial charge in [-0.3, -0.25) is 0 Å². The molecule has 0 amide bonds. The molecule has 2 aromatic rings. The lowest BCUT2D eigenvalue weighted by molar-refractivity contribution is 0.189. The molecule has 1 aromatic heterocycles. The van der Waals surface area contributed by atoms with Gasteiger partial charge in [0.05, 0.1) is 17.1 Å². The van der Waals surface area contributed by atoms with E-state index in [0.717, 1.165) is 22.5 Å². The van der Waals surface area contributed by atoms with E-state index in [-0.39, 0.29) is 6.54 Å². The third-order valence-corrected chi connectivity index (χ3v) is 3.29. The Kier molecular flexibility index (Phi) is 3.54. The van der Waals surface area contributed by atoms with Gasteiger partial charge in [-0.1, -0.05) is 0 Å². The summed E-state index contributed by atoms with van der Waals surface area (Å²) in [4.78, 5) is 6.49. The Bertz CT molecular complexity index is 549. The summed E-state index contributed by atoms with van der Waals surface area (Å²) in [5, 5.41) is 9.56. The minimum atomic E-state index is -0.504. The Morgan fingerprint density at radius 1 is 1.50 bits per heavy atom. The van der Waals surface area contributed by atoms with Crippen LogP contribution in [0.3, 0.4) is 0 Å². The molecule has 3 N–H and O–H groups in total. The molecule has 0 spiro atoms. The highest BCUT2D eigenvalue weighted by Gasteiger charge is 2.10. The summed E-state index contributed by atoms with van der Waals surface area (Å²) in [6.07, 6.45) is -0.504. The maximum atomic E-state index is 9.56. The van der Waals surface area contributed by atoms with Crippen molar-refractivity contribution in [2.45, 2.75) is 13.0 Å². The molecular formula is C13H20N4O. The number of nitrogens with two attached hydrogens (primary N) is 1. The number of aliphatic hydroxyl groups excluding tert-OH is 1. The number of anilines is 1. The highest BCUT2D eigenvalue weighted by molar-refractivity contribution is 5.80. The van der Waals surface area contributed by atoms with Gasteiger partial charge in [-0.15, -0.1) is 0 Å². The number of imidazole rings is 1. The van der Waals surface area contributed by atoms with Crippen molar-refractivity contribution in [2.75, 3.05) is 25.0 Å². The van der Waals surface area contributed by atoms with Gasteiger partial charge >= 0.3 is 0 Å². The van der Waals surface area contributed by atoms with E-state index >= 15 is 0 Å². The van der Waals surface area contributed by atoms with E-state index in [1.165, 1.54) is 0 Å². The normalized spacial score (nSPS) is 12.9. The molecule has 98 valence electrons. The number of benzene rings is 1. The minimum absolute atomic E-state index is 0.273. The fourth-order valence-corrected chi connectivity index (χ4v) is 2.04. The summed E-state index contributed by atoms with van der Waals surface area (Å²) in [5.41, 5.74) is 8.54. The number of hydrogen-bond donors (Lipinski definition) is 2. The lowest BCUT2D eigenvalue weighted by Crippen LogP contribution is -2.34. The fourth-order valence-electron chi connectivity index (χ4n) is 2.04. The van der Waals surface area contributed by atoms with E-state index in [2.05, 4.69) is 15.6 Å². The van der Waals surface area contributed by atoms with Crippen LogP contribution in [0.5, 0.6) is 0 Å². The molecule has 1 aromatic carbocycles. The molecule has 0 saturated carbocycles. The minimum Gasteiger partial charge on any atom is -0.390 e.